The van der Waals surface area contributed by atoms with E-state index in [-0.39, 0.29) is 0 Å². The average Bonchev–Trinajstić information content (AvgIpc) is 2.25. The molecule has 0 aromatic heterocycles. The number of thioether (sulfide) groups is 1. The van der Waals surface area contributed by atoms with E-state index in [1.807, 2.05) is 11.8 Å². The van der Waals surface area contributed by atoms with E-state index in [0.29, 0.717) is 6.04 Å². The third kappa shape index (κ3) is 3.84. The van der Waals surface area contributed by atoms with Gasteiger partial charge in [0.1, 0.15) is 0 Å². The molecule has 1 unspecified atom stereocenters. The van der Waals surface area contributed by atoms with Gasteiger partial charge in [-0.05, 0) is 44.2 Å². The number of hydrogen-bond acceptors (Lipinski definition) is 2. The molecule has 0 spiro atoms. The Hall–Kier alpha value is -0.470. The van der Waals surface area contributed by atoms with Crippen molar-refractivity contribution in [3.63, 3.8) is 0 Å². The van der Waals surface area contributed by atoms with Crippen LogP contribution in [0.15, 0.2) is 18.2 Å². The summed E-state index contributed by atoms with van der Waals surface area (Å²) >= 11 is 1.91. The van der Waals surface area contributed by atoms with Gasteiger partial charge < -0.3 is 5.32 Å². The van der Waals surface area contributed by atoms with Crippen molar-refractivity contribution in [1.82, 2.24) is 5.32 Å². The highest BCUT2D eigenvalue weighted by Crippen LogP contribution is 2.21. The van der Waals surface area contributed by atoms with Gasteiger partial charge in [-0.25, -0.2) is 0 Å². The van der Waals surface area contributed by atoms with Crippen LogP contribution < -0.4 is 5.32 Å². The highest BCUT2D eigenvalue weighted by molar-refractivity contribution is 7.98. The van der Waals surface area contributed by atoms with Gasteiger partial charge in [-0.3, -0.25) is 0 Å². The quantitative estimate of drug-likeness (QED) is 0.809. The molecule has 1 aromatic rings. The Morgan fingerprint density at radius 1 is 1.31 bits per heavy atom. The Morgan fingerprint density at radius 2 is 2.06 bits per heavy atom. The molecule has 90 valence electrons. The molecular formula is C14H23NS. The minimum atomic E-state index is 0.496. The van der Waals surface area contributed by atoms with Crippen LogP contribution in [-0.4, -0.2) is 18.6 Å². The van der Waals surface area contributed by atoms with E-state index in [4.69, 9.17) is 0 Å². The van der Waals surface area contributed by atoms with Gasteiger partial charge in [0, 0.05) is 11.8 Å². The SMILES string of the molecule is CCCNC(CSC)c1ccc(C)cc1C. The Labute approximate surface area is 104 Å². The van der Waals surface area contributed by atoms with E-state index in [1.165, 1.54) is 23.1 Å². The lowest BCUT2D eigenvalue weighted by Crippen LogP contribution is -2.24. The fraction of sp³-hybridized carbons (Fsp3) is 0.571. The highest BCUT2D eigenvalue weighted by Gasteiger charge is 2.11. The second-order valence-corrected chi connectivity index (χ2v) is 5.23. The maximum Gasteiger partial charge on any atom is 0.0414 e. The molecule has 0 heterocycles. The van der Waals surface area contributed by atoms with Gasteiger partial charge in [0.05, 0.1) is 0 Å². The van der Waals surface area contributed by atoms with Crippen LogP contribution in [0.4, 0.5) is 0 Å². The van der Waals surface area contributed by atoms with Crippen molar-refractivity contribution >= 4 is 11.8 Å². The zero-order chi connectivity index (χ0) is 12.0. The molecule has 0 aliphatic heterocycles. The Balaban J connectivity index is 2.82. The van der Waals surface area contributed by atoms with Crippen molar-refractivity contribution < 1.29 is 0 Å². The molecule has 0 radical (unpaired) electrons. The highest BCUT2D eigenvalue weighted by atomic mass is 32.2. The van der Waals surface area contributed by atoms with Crippen LogP contribution in [0.3, 0.4) is 0 Å². The minimum absolute atomic E-state index is 0.496. The van der Waals surface area contributed by atoms with Crippen molar-refractivity contribution in [3.8, 4) is 0 Å². The monoisotopic (exact) mass is 237 g/mol. The molecule has 1 nitrogen and oxygen atoms in total. The first kappa shape index (κ1) is 13.6. The van der Waals surface area contributed by atoms with Crippen molar-refractivity contribution in [2.24, 2.45) is 0 Å². The van der Waals surface area contributed by atoms with E-state index in [1.54, 1.807) is 0 Å². The molecule has 1 rings (SSSR count). The fourth-order valence-electron chi connectivity index (χ4n) is 1.96. The summed E-state index contributed by atoms with van der Waals surface area (Å²) in [6.45, 7) is 7.67. The second kappa shape index (κ2) is 6.97. The number of rotatable bonds is 6. The maximum atomic E-state index is 3.63. The van der Waals surface area contributed by atoms with Gasteiger partial charge in [-0.15, -0.1) is 0 Å². The van der Waals surface area contributed by atoms with E-state index < -0.39 is 0 Å². The average molecular weight is 237 g/mol. The van der Waals surface area contributed by atoms with Crippen molar-refractivity contribution in [1.29, 1.82) is 0 Å². The first-order valence-electron chi connectivity index (χ1n) is 5.98. The molecule has 0 bridgehead atoms. The Bertz CT molecular complexity index is 323. The third-order valence-electron chi connectivity index (χ3n) is 2.77. The van der Waals surface area contributed by atoms with Crippen LogP contribution in [0.5, 0.6) is 0 Å². The largest absolute Gasteiger partial charge is 0.309 e. The molecule has 1 aromatic carbocycles. The van der Waals surface area contributed by atoms with Gasteiger partial charge in [0.25, 0.3) is 0 Å². The lowest BCUT2D eigenvalue weighted by Gasteiger charge is -2.20. The van der Waals surface area contributed by atoms with Gasteiger partial charge in [0.2, 0.25) is 0 Å². The van der Waals surface area contributed by atoms with Crippen LogP contribution >= 0.6 is 11.8 Å². The zero-order valence-electron chi connectivity index (χ0n) is 10.8. The molecule has 0 saturated carbocycles. The summed E-state index contributed by atoms with van der Waals surface area (Å²) < 4.78 is 0. The van der Waals surface area contributed by atoms with Crippen LogP contribution in [0.2, 0.25) is 0 Å². The van der Waals surface area contributed by atoms with Crippen LogP contribution in [-0.2, 0) is 0 Å². The number of aryl methyl sites for hydroxylation is 2. The van der Waals surface area contributed by atoms with E-state index in [0.717, 1.165) is 12.3 Å². The molecule has 0 fully saturated rings. The normalized spacial score (nSPS) is 12.8. The molecule has 0 aliphatic rings. The van der Waals surface area contributed by atoms with E-state index in [9.17, 15) is 0 Å². The zero-order valence-corrected chi connectivity index (χ0v) is 11.7. The summed E-state index contributed by atoms with van der Waals surface area (Å²) in [6.07, 6.45) is 3.36. The number of benzene rings is 1. The van der Waals surface area contributed by atoms with E-state index in [2.05, 4.69) is 50.5 Å². The van der Waals surface area contributed by atoms with Gasteiger partial charge in [-0.2, -0.15) is 11.8 Å². The minimum Gasteiger partial charge on any atom is -0.309 e. The number of hydrogen-bond donors (Lipinski definition) is 1. The lowest BCUT2D eigenvalue weighted by atomic mass is 10.00. The lowest BCUT2D eigenvalue weighted by molar-refractivity contribution is 0.575. The summed E-state index contributed by atoms with van der Waals surface area (Å²) in [6, 6.07) is 7.25. The molecule has 0 saturated heterocycles. The predicted octanol–water partition coefficient (Wildman–Crippen LogP) is 3.71. The van der Waals surface area contributed by atoms with E-state index >= 15 is 0 Å². The van der Waals surface area contributed by atoms with Crippen LogP contribution in [0, 0.1) is 13.8 Å². The number of nitrogens with one attached hydrogen (secondary N) is 1. The molecule has 2 heteroatoms. The van der Waals surface area contributed by atoms with Crippen molar-refractivity contribution in [2.45, 2.75) is 33.2 Å². The van der Waals surface area contributed by atoms with Crippen molar-refractivity contribution in [3.05, 3.63) is 34.9 Å². The molecule has 0 amide bonds. The first-order chi connectivity index (χ1) is 7.69. The molecule has 16 heavy (non-hydrogen) atoms. The standard InChI is InChI=1S/C14H23NS/c1-5-8-15-14(10-16-4)13-7-6-11(2)9-12(13)3/h6-7,9,14-15H,5,8,10H2,1-4H3. The van der Waals surface area contributed by atoms with Gasteiger partial charge in [-0.1, -0.05) is 30.7 Å². The predicted molar refractivity (Wildman–Crippen MR) is 75.3 cm³/mol. The summed E-state index contributed by atoms with van der Waals surface area (Å²) in [7, 11) is 0. The maximum absolute atomic E-state index is 3.63. The van der Waals surface area contributed by atoms with Crippen LogP contribution in [0.25, 0.3) is 0 Å². The summed E-state index contributed by atoms with van der Waals surface area (Å²) in [5, 5.41) is 3.63. The Morgan fingerprint density at radius 3 is 2.62 bits per heavy atom. The molecular weight excluding hydrogens is 214 g/mol. The summed E-state index contributed by atoms with van der Waals surface area (Å²) in [4.78, 5) is 0. The summed E-state index contributed by atoms with van der Waals surface area (Å²) in [5.41, 5.74) is 4.20. The Kier molecular flexibility index (Phi) is 5.93. The van der Waals surface area contributed by atoms with Gasteiger partial charge >= 0.3 is 0 Å². The smallest absolute Gasteiger partial charge is 0.0414 e. The summed E-state index contributed by atoms with van der Waals surface area (Å²) in [5.74, 6) is 1.14. The van der Waals surface area contributed by atoms with Crippen molar-refractivity contribution in [2.75, 3.05) is 18.6 Å². The molecule has 1 N–H and O–H groups in total. The third-order valence-corrected chi connectivity index (χ3v) is 3.44. The second-order valence-electron chi connectivity index (χ2n) is 4.32. The molecule has 0 aliphatic carbocycles. The van der Waals surface area contributed by atoms with Crippen LogP contribution in [0.1, 0.15) is 36.1 Å². The van der Waals surface area contributed by atoms with Gasteiger partial charge in [0.15, 0.2) is 0 Å². The molecule has 1 atom stereocenters. The first-order valence-corrected chi connectivity index (χ1v) is 7.38. The fourth-order valence-corrected chi connectivity index (χ4v) is 2.59. The topological polar surface area (TPSA) is 12.0 Å².